The first-order chi connectivity index (χ1) is 8.76. The van der Waals surface area contributed by atoms with Crippen LogP contribution in [0.25, 0.3) is 0 Å². The molecule has 0 saturated heterocycles. The second kappa shape index (κ2) is 6.03. The minimum absolute atomic E-state index is 0.0694. The summed E-state index contributed by atoms with van der Waals surface area (Å²) in [6.45, 7) is 3.20. The number of aromatic carboxylic acids is 1. The molecule has 0 aromatic heterocycles. The number of benzene rings is 1. The van der Waals surface area contributed by atoms with Crippen molar-refractivity contribution in [3.63, 3.8) is 0 Å². The van der Waals surface area contributed by atoms with Crippen LogP contribution in [0.2, 0.25) is 0 Å². The van der Waals surface area contributed by atoms with E-state index < -0.39 is 22.1 Å². The molecule has 1 aromatic carbocycles. The zero-order valence-corrected chi connectivity index (χ0v) is 11.8. The van der Waals surface area contributed by atoms with Gasteiger partial charge >= 0.3 is 5.97 Å². The zero-order chi connectivity index (χ0) is 14.6. The third-order valence-corrected chi connectivity index (χ3v) is 4.13. The highest BCUT2D eigenvalue weighted by Crippen LogP contribution is 2.20. The van der Waals surface area contributed by atoms with Crippen LogP contribution in [-0.4, -0.2) is 38.5 Å². The van der Waals surface area contributed by atoms with Crippen molar-refractivity contribution in [3.8, 4) is 0 Å². The summed E-state index contributed by atoms with van der Waals surface area (Å²) in [5.41, 5.74) is 0.715. The van der Waals surface area contributed by atoms with Crippen LogP contribution in [0.1, 0.15) is 22.8 Å². The Kier molecular flexibility index (Phi) is 4.90. The average molecular weight is 287 g/mol. The van der Waals surface area contributed by atoms with Crippen molar-refractivity contribution in [1.82, 2.24) is 0 Å². The van der Waals surface area contributed by atoms with Crippen LogP contribution < -0.4 is 4.72 Å². The van der Waals surface area contributed by atoms with Gasteiger partial charge in [0.2, 0.25) is 10.0 Å². The van der Waals surface area contributed by atoms with Gasteiger partial charge < -0.3 is 9.84 Å². The Morgan fingerprint density at radius 1 is 1.47 bits per heavy atom. The van der Waals surface area contributed by atoms with E-state index >= 15 is 0 Å². The quantitative estimate of drug-likeness (QED) is 0.826. The molecule has 0 saturated carbocycles. The molecular formula is C12H17NO5S. The molecular weight excluding hydrogens is 270 g/mol. The van der Waals surface area contributed by atoms with Crippen LogP contribution >= 0.6 is 0 Å². The number of hydrogen-bond acceptors (Lipinski definition) is 4. The van der Waals surface area contributed by atoms with Gasteiger partial charge in [-0.05, 0) is 31.5 Å². The lowest BCUT2D eigenvalue weighted by Gasteiger charge is -2.14. The highest BCUT2D eigenvalue weighted by Gasteiger charge is 2.18. The molecule has 2 N–H and O–H groups in total. The Bertz CT molecular complexity index is 567. The molecule has 0 bridgehead atoms. The Labute approximate surface area is 112 Å². The lowest BCUT2D eigenvalue weighted by Crippen LogP contribution is -2.26. The van der Waals surface area contributed by atoms with Crippen LogP contribution in [0, 0.1) is 6.92 Å². The number of hydrogen-bond donors (Lipinski definition) is 2. The summed E-state index contributed by atoms with van der Waals surface area (Å²) in [5, 5.41) is 8.97. The first kappa shape index (κ1) is 15.5. The summed E-state index contributed by atoms with van der Waals surface area (Å²) >= 11 is 0. The minimum Gasteiger partial charge on any atom is -0.478 e. The van der Waals surface area contributed by atoms with Gasteiger partial charge in [-0.2, -0.15) is 0 Å². The molecule has 0 aliphatic rings. The number of nitrogens with one attached hydrogen (secondary N) is 1. The van der Waals surface area contributed by atoms with Crippen molar-refractivity contribution in [2.24, 2.45) is 0 Å². The van der Waals surface area contributed by atoms with E-state index in [1.165, 1.54) is 25.3 Å². The number of ether oxygens (including phenoxy) is 1. The smallest absolute Gasteiger partial charge is 0.336 e. The van der Waals surface area contributed by atoms with E-state index in [0.29, 0.717) is 5.56 Å². The van der Waals surface area contributed by atoms with Crippen molar-refractivity contribution in [2.75, 3.05) is 17.6 Å². The van der Waals surface area contributed by atoms with Crippen molar-refractivity contribution in [2.45, 2.75) is 20.0 Å². The van der Waals surface area contributed by atoms with Gasteiger partial charge in [0, 0.05) is 7.11 Å². The molecule has 0 spiro atoms. The van der Waals surface area contributed by atoms with Gasteiger partial charge in [-0.1, -0.05) is 6.07 Å². The summed E-state index contributed by atoms with van der Waals surface area (Å²) < 4.78 is 31.0. The summed E-state index contributed by atoms with van der Waals surface area (Å²) in [4.78, 5) is 11.0. The fourth-order valence-corrected chi connectivity index (χ4v) is 2.96. The van der Waals surface area contributed by atoms with Crippen LogP contribution in [-0.2, 0) is 14.8 Å². The SMILES string of the molecule is COC(C)CS(=O)(=O)Nc1cccc(C(=O)O)c1C. The Morgan fingerprint density at radius 3 is 2.63 bits per heavy atom. The number of methoxy groups -OCH3 is 1. The lowest BCUT2D eigenvalue weighted by molar-refractivity contribution is 0.0696. The predicted octanol–water partition coefficient (Wildman–Crippen LogP) is 1.47. The van der Waals surface area contributed by atoms with Crippen LogP contribution in [0.3, 0.4) is 0 Å². The molecule has 0 aliphatic carbocycles. The van der Waals surface area contributed by atoms with E-state index in [-0.39, 0.29) is 17.0 Å². The number of rotatable bonds is 6. The molecule has 0 amide bonds. The lowest BCUT2D eigenvalue weighted by atomic mass is 10.1. The van der Waals surface area contributed by atoms with Gasteiger partial charge in [-0.3, -0.25) is 4.72 Å². The van der Waals surface area contributed by atoms with Gasteiger partial charge in [0.15, 0.2) is 0 Å². The van der Waals surface area contributed by atoms with E-state index in [0.717, 1.165) is 0 Å². The molecule has 1 rings (SSSR count). The highest BCUT2D eigenvalue weighted by molar-refractivity contribution is 7.92. The molecule has 7 heteroatoms. The summed E-state index contributed by atoms with van der Waals surface area (Å²) in [6, 6.07) is 4.44. The van der Waals surface area contributed by atoms with Crippen molar-refractivity contribution < 1.29 is 23.1 Å². The van der Waals surface area contributed by atoms with Gasteiger partial charge in [-0.15, -0.1) is 0 Å². The second-order valence-corrected chi connectivity index (χ2v) is 5.98. The van der Waals surface area contributed by atoms with Crippen LogP contribution in [0.4, 0.5) is 5.69 Å². The third-order valence-electron chi connectivity index (χ3n) is 2.69. The number of sulfonamides is 1. The standard InChI is InChI=1S/C12H17NO5S/c1-8(18-3)7-19(16,17)13-11-6-4-5-10(9(11)2)12(14)15/h4-6,8,13H,7H2,1-3H3,(H,14,15). The van der Waals surface area contributed by atoms with Crippen molar-refractivity contribution in [1.29, 1.82) is 0 Å². The van der Waals surface area contributed by atoms with Crippen molar-refractivity contribution in [3.05, 3.63) is 29.3 Å². The summed E-state index contributed by atoms with van der Waals surface area (Å²) in [5.74, 6) is -1.29. The zero-order valence-electron chi connectivity index (χ0n) is 11.0. The number of carboxylic acids is 1. The Hall–Kier alpha value is -1.60. The van der Waals surface area contributed by atoms with Gasteiger partial charge in [-0.25, -0.2) is 13.2 Å². The molecule has 1 atom stereocenters. The summed E-state index contributed by atoms with van der Waals surface area (Å²) in [7, 11) is -2.15. The van der Waals surface area contributed by atoms with E-state index in [9.17, 15) is 13.2 Å². The largest absolute Gasteiger partial charge is 0.478 e. The normalized spacial score (nSPS) is 13.0. The molecule has 6 nitrogen and oxygen atoms in total. The van der Waals surface area contributed by atoms with E-state index in [2.05, 4.69) is 4.72 Å². The predicted molar refractivity (Wildman–Crippen MR) is 72.0 cm³/mol. The van der Waals surface area contributed by atoms with E-state index in [1.807, 2.05) is 0 Å². The molecule has 106 valence electrons. The number of carboxylic acid groups (broad SMARTS) is 1. The first-order valence-electron chi connectivity index (χ1n) is 5.63. The van der Waals surface area contributed by atoms with E-state index in [4.69, 9.17) is 9.84 Å². The Morgan fingerprint density at radius 2 is 2.11 bits per heavy atom. The molecule has 1 aromatic rings. The van der Waals surface area contributed by atoms with Gasteiger partial charge in [0.1, 0.15) is 0 Å². The maximum atomic E-state index is 11.9. The van der Waals surface area contributed by atoms with Crippen LogP contribution in [0.15, 0.2) is 18.2 Å². The fourth-order valence-electron chi connectivity index (χ4n) is 1.56. The second-order valence-electron chi connectivity index (χ2n) is 4.21. The molecule has 19 heavy (non-hydrogen) atoms. The molecule has 0 heterocycles. The maximum Gasteiger partial charge on any atom is 0.336 e. The molecule has 0 radical (unpaired) electrons. The van der Waals surface area contributed by atoms with E-state index in [1.54, 1.807) is 13.8 Å². The highest BCUT2D eigenvalue weighted by atomic mass is 32.2. The molecule has 1 unspecified atom stereocenters. The van der Waals surface area contributed by atoms with Gasteiger partial charge in [0.25, 0.3) is 0 Å². The number of carbonyl (C=O) groups is 1. The number of anilines is 1. The van der Waals surface area contributed by atoms with Crippen molar-refractivity contribution >= 4 is 21.7 Å². The molecule has 0 aliphatic heterocycles. The summed E-state index contributed by atoms with van der Waals surface area (Å²) in [6.07, 6.45) is -0.444. The Balaban J connectivity index is 3.00. The topological polar surface area (TPSA) is 92.7 Å². The monoisotopic (exact) mass is 287 g/mol. The third kappa shape index (κ3) is 4.22. The molecule has 0 fully saturated rings. The van der Waals surface area contributed by atoms with Gasteiger partial charge in [0.05, 0.1) is 23.1 Å². The van der Waals surface area contributed by atoms with Crippen LogP contribution in [0.5, 0.6) is 0 Å². The maximum absolute atomic E-state index is 11.9. The average Bonchev–Trinajstić information content (AvgIpc) is 2.30. The fraction of sp³-hybridized carbons (Fsp3) is 0.417. The minimum atomic E-state index is -3.58. The first-order valence-corrected chi connectivity index (χ1v) is 7.28.